The molecule has 4 heteroatoms. The zero-order valence-electron chi connectivity index (χ0n) is 13.2. The fourth-order valence-electron chi connectivity index (χ4n) is 1.98. The van der Waals surface area contributed by atoms with Gasteiger partial charge in [-0.05, 0) is 43.2 Å². The number of benzene rings is 1. The summed E-state index contributed by atoms with van der Waals surface area (Å²) in [6.45, 7) is 10.3. The molecule has 20 heavy (non-hydrogen) atoms. The molecule has 0 saturated carbocycles. The van der Waals surface area contributed by atoms with Crippen molar-refractivity contribution in [3.63, 3.8) is 0 Å². The van der Waals surface area contributed by atoms with Crippen LogP contribution in [0.15, 0.2) is 24.3 Å². The van der Waals surface area contributed by atoms with Crippen molar-refractivity contribution in [3.8, 4) is 0 Å². The summed E-state index contributed by atoms with van der Waals surface area (Å²) in [5.74, 6) is 0.827. The van der Waals surface area contributed by atoms with Crippen LogP contribution in [0.25, 0.3) is 0 Å². The van der Waals surface area contributed by atoms with E-state index >= 15 is 0 Å². The van der Waals surface area contributed by atoms with E-state index < -0.39 is 10.0 Å². The SMILES string of the molecule is CC(C)Cc1ccc(C(C)CNS(=O)(=O)C(C)C)cc1. The van der Waals surface area contributed by atoms with Crippen LogP contribution in [0.1, 0.15) is 51.7 Å². The van der Waals surface area contributed by atoms with Crippen LogP contribution in [0.4, 0.5) is 0 Å². The minimum atomic E-state index is -3.18. The Bertz CT molecular complexity index is 504. The summed E-state index contributed by atoms with van der Waals surface area (Å²) in [5, 5.41) is -0.386. The van der Waals surface area contributed by atoms with E-state index in [1.165, 1.54) is 11.1 Å². The number of hydrogen-bond donors (Lipinski definition) is 1. The maximum absolute atomic E-state index is 11.7. The first-order valence-corrected chi connectivity index (χ1v) is 8.84. The summed E-state index contributed by atoms with van der Waals surface area (Å²) < 4.78 is 26.1. The highest BCUT2D eigenvalue weighted by Gasteiger charge is 2.16. The van der Waals surface area contributed by atoms with Gasteiger partial charge in [-0.15, -0.1) is 0 Å². The van der Waals surface area contributed by atoms with Gasteiger partial charge in [0.15, 0.2) is 0 Å². The fraction of sp³-hybridized carbons (Fsp3) is 0.625. The summed E-state index contributed by atoms with van der Waals surface area (Å²) in [6.07, 6.45) is 1.08. The number of nitrogens with one attached hydrogen (secondary N) is 1. The topological polar surface area (TPSA) is 46.2 Å². The van der Waals surface area contributed by atoms with Crippen molar-refractivity contribution < 1.29 is 8.42 Å². The lowest BCUT2D eigenvalue weighted by Crippen LogP contribution is -2.33. The van der Waals surface area contributed by atoms with Gasteiger partial charge in [-0.1, -0.05) is 45.0 Å². The lowest BCUT2D eigenvalue weighted by atomic mass is 9.97. The maximum Gasteiger partial charge on any atom is 0.213 e. The monoisotopic (exact) mass is 297 g/mol. The molecule has 0 heterocycles. The number of sulfonamides is 1. The second-order valence-electron chi connectivity index (χ2n) is 6.18. The summed E-state index contributed by atoms with van der Waals surface area (Å²) in [6, 6.07) is 8.49. The van der Waals surface area contributed by atoms with Crippen LogP contribution in [0.5, 0.6) is 0 Å². The number of rotatable bonds is 7. The predicted octanol–water partition coefficient (Wildman–Crippen LogP) is 3.32. The molecule has 1 atom stereocenters. The normalized spacial score (nSPS) is 13.9. The Kier molecular flexibility index (Phi) is 6.21. The van der Waals surface area contributed by atoms with Crippen molar-refractivity contribution in [2.45, 2.75) is 52.2 Å². The molecule has 0 bridgehead atoms. The van der Waals surface area contributed by atoms with Crippen molar-refractivity contribution >= 4 is 10.0 Å². The predicted molar refractivity (Wildman–Crippen MR) is 85.5 cm³/mol. The smallest absolute Gasteiger partial charge is 0.213 e. The third-order valence-electron chi connectivity index (χ3n) is 3.40. The van der Waals surface area contributed by atoms with Crippen LogP contribution in [-0.2, 0) is 16.4 Å². The van der Waals surface area contributed by atoms with Gasteiger partial charge in [0.05, 0.1) is 5.25 Å². The molecule has 0 aliphatic rings. The minimum absolute atomic E-state index is 0.177. The molecule has 114 valence electrons. The van der Waals surface area contributed by atoms with E-state index in [4.69, 9.17) is 0 Å². The van der Waals surface area contributed by atoms with Gasteiger partial charge in [-0.3, -0.25) is 0 Å². The molecule has 1 aromatic carbocycles. The molecule has 0 amide bonds. The first-order valence-electron chi connectivity index (χ1n) is 7.29. The van der Waals surface area contributed by atoms with Crippen LogP contribution in [-0.4, -0.2) is 20.2 Å². The van der Waals surface area contributed by atoms with Gasteiger partial charge >= 0.3 is 0 Å². The largest absolute Gasteiger partial charge is 0.214 e. The zero-order valence-corrected chi connectivity index (χ0v) is 14.0. The molecule has 1 unspecified atom stereocenters. The third kappa shape index (κ3) is 5.25. The second-order valence-corrected chi connectivity index (χ2v) is 8.50. The molecule has 0 aliphatic heterocycles. The molecule has 0 aliphatic carbocycles. The van der Waals surface area contributed by atoms with Crippen molar-refractivity contribution in [3.05, 3.63) is 35.4 Å². The Balaban J connectivity index is 2.62. The van der Waals surface area contributed by atoms with Gasteiger partial charge in [-0.2, -0.15) is 0 Å². The van der Waals surface area contributed by atoms with Crippen LogP contribution in [0.2, 0.25) is 0 Å². The van der Waals surface area contributed by atoms with Gasteiger partial charge in [0.1, 0.15) is 0 Å². The van der Waals surface area contributed by atoms with E-state index in [0.29, 0.717) is 12.5 Å². The van der Waals surface area contributed by atoms with Gasteiger partial charge in [0, 0.05) is 6.54 Å². The van der Waals surface area contributed by atoms with Gasteiger partial charge in [0.25, 0.3) is 0 Å². The quantitative estimate of drug-likeness (QED) is 0.839. The van der Waals surface area contributed by atoms with E-state index in [0.717, 1.165) is 6.42 Å². The zero-order chi connectivity index (χ0) is 15.3. The fourth-order valence-corrected chi connectivity index (χ4v) is 2.79. The Morgan fingerprint density at radius 2 is 1.55 bits per heavy atom. The molecule has 1 aromatic rings. The average Bonchev–Trinajstić information content (AvgIpc) is 2.36. The van der Waals surface area contributed by atoms with Crippen molar-refractivity contribution in [2.24, 2.45) is 5.92 Å². The Hall–Kier alpha value is -0.870. The summed E-state index contributed by atoms with van der Waals surface area (Å²) >= 11 is 0. The number of hydrogen-bond acceptors (Lipinski definition) is 2. The lowest BCUT2D eigenvalue weighted by molar-refractivity contribution is 0.566. The van der Waals surface area contributed by atoms with E-state index in [2.05, 4.69) is 42.8 Å². The Morgan fingerprint density at radius 1 is 1.00 bits per heavy atom. The van der Waals surface area contributed by atoms with Crippen LogP contribution >= 0.6 is 0 Å². The molecule has 3 nitrogen and oxygen atoms in total. The summed E-state index contributed by atoms with van der Waals surface area (Å²) in [4.78, 5) is 0. The highest BCUT2D eigenvalue weighted by Crippen LogP contribution is 2.17. The molecule has 0 saturated heterocycles. The Labute approximate surface area is 123 Å². The third-order valence-corrected chi connectivity index (χ3v) is 5.21. The molecule has 0 fully saturated rings. The first-order chi connectivity index (χ1) is 9.22. The highest BCUT2D eigenvalue weighted by atomic mass is 32.2. The van der Waals surface area contributed by atoms with E-state index in [9.17, 15) is 8.42 Å². The molecular formula is C16H27NO2S. The summed E-state index contributed by atoms with van der Waals surface area (Å²) in [5.41, 5.74) is 2.50. The lowest BCUT2D eigenvalue weighted by Gasteiger charge is -2.15. The first kappa shape index (κ1) is 17.2. The summed E-state index contributed by atoms with van der Waals surface area (Å²) in [7, 11) is -3.18. The highest BCUT2D eigenvalue weighted by molar-refractivity contribution is 7.90. The molecule has 1 N–H and O–H groups in total. The standard InChI is InChI=1S/C16H27NO2S/c1-12(2)10-15-6-8-16(9-7-15)14(5)11-17-20(18,19)13(3)4/h6-9,12-14,17H,10-11H2,1-5H3. The molecular weight excluding hydrogens is 270 g/mol. The second kappa shape index (κ2) is 7.23. The van der Waals surface area contributed by atoms with Gasteiger partial charge < -0.3 is 0 Å². The molecule has 1 rings (SSSR count). The van der Waals surface area contributed by atoms with E-state index in [1.54, 1.807) is 13.8 Å². The van der Waals surface area contributed by atoms with Crippen LogP contribution < -0.4 is 4.72 Å². The van der Waals surface area contributed by atoms with Crippen LogP contribution in [0, 0.1) is 5.92 Å². The molecule has 0 radical (unpaired) electrons. The minimum Gasteiger partial charge on any atom is -0.214 e. The van der Waals surface area contributed by atoms with Crippen molar-refractivity contribution in [1.29, 1.82) is 0 Å². The molecule has 0 spiro atoms. The van der Waals surface area contributed by atoms with E-state index in [1.807, 2.05) is 6.92 Å². The van der Waals surface area contributed by atoms with Crippen LogP contribution in [0.3, 0.4) is 0 Å². The van der Waals surface area contributed by atoms with Gasteiger partial charge in [0.2, 0.25) is 10.0 Å². The van der Waals surface area contributed by atoms with E-state index in [-0.39, 0.29) is 11.2 Å². The maximum atomic E-state index is 11.7. The van der Waals surface area contributed by atoms with Crippen molar-refractivity contribution in [2.75, 3.05) is 6.54 Å². The molecule has 0 aromatic heterocycles. The Morgan fingerprint density at radius 3 is 2.00 bits per heavy atom. The van der Waals surface area contributed by atoms with Crippen molar-refractivity contribution in [1.82, 2.24) is 4.72 Å². The average molecular weight is 297 g/mol. The van der Waals surface area contributed by atoms with Gasteiger partial charge in [-0.25, -0.2) is 13.1 Å².